The number of aliphatic hydroxyl groups is 1. The highest BCUT2D eigenvalue weighted by molar-refractivity contribution is 6.30. The van der Waals surface area contributed by atoms with Crippen LogP contribution in [-0.2, 0) is 13.2 Å². The number of nitro benzene ring substituents is 1. The van der Waals surface area contributed by atoms with Crippen LogP contribution in [0.15, 0.2) is 42.5 Å². The van der Waals surface area contributed by atoms with Gasteiger partial charge in [-0.1, -0.05) is 29.8 Å². The maximum absolute atomic E-state index is 11.2. The third-order valence-electron chi connectivity index (χ3n) is 3.16. The summed E-state index contributed by atoms with van der Waals surface area (Å²) in [6.07, 6.45) is 0. The van der Waals surface area contributed by atoms with Crippen LogP contribution >= 0.6 is 11.6 Å². The first kappa shape index (κ1) is 15.3. The number of nitrogens with zero attached hydrogens (tertiary/aromatic N) is 2. The van der Waals surface area contributed by atoms with E-state index in [1.165, 1.54) is 6.07 Å². The summed E-state index contributed by atoms with van der Waals surface area (Å²) >= 11 is 5.84. The van der Waals surface area contributed by atoms with E-state index in [0.717, 1.165) is 5.56 Å². The fourth-order valence-electron chi connectivity index (χ4n) is 2.09. The summed E-state index contributed by atoms with van der Waals surface area (Å²) in [5, 5.41) is 20.9. The molecule has 0 radical (unpaired) electrons. The molecule has 0 fully saturated rings. The minimum atomic E-state index is -0.438. The zero-order valence-corrected chi connectivity index (χ0v) is 12.2. The summed E-state index contributed by atoms with van der Waals surface area (Å²) in [7, 11) is 1.79. The van der Waals surface area contributed by atoms with Gasteiger partial charge in [0.05, 0.1) is 11.5 Å². The van der Waals surface area contributed by atoms with Crippen LogP contribution in [0.5, 0.6) is 0 Å². The van der Waals surface area contributed by atoms with E-state index in [1.54, 1.807) is 36.2 Å². The molecule has 0 aliphatic carbocycles. The van der Waals surface area contributed by atoms with Crippen LogP contribution < -0.4 is 4.90 Å². The number of hydrogen-bond donors (Lipinski definition) is 1. The summed E-state index contributed by atoms with van der Waals surface area (Å²) in [6, 6.07) is 12.1. The maximum Gasteiger partial charge on any atom is 0.292 e. The first-order chi connectivity index (χ1) is 10.0. The molecular formula is C15H15ClN2O3. The van der Waals surface area contributed by atoms with Crippen molar-refractivity contribution in [3.63, 3.8) is 0 Å². The van der Waals surface area contributed by atoms with Gasteiger partial charge < -0.3 is 10.0 Å². The van der Waals surface area contributed by atoms with Gasteiger partial charge in [0.25, 0.3) is 5.69 Å². The van der Waals surface area contributed by atoms with E-state index in [2.05, 4.69) is 0 Å². The smallest absolute Gasteiger partial charge is 0.292 e. The first-order valence-electron chi connectivity index (χ1n) is 6.35. The van der Waals surface area contributed by atoms with Crippen molar-refractivity contribution >= 4 is 23.0 Å². The molecule has 0 aliphatic rings. The van der Waals surface area contributed by atoms with E-state index < -0.39 is 4.92 Å². The van der Waals surface area contributed by atoms with Crippen molar-refractivity contribution in [1.29, 1.82) is 0 Å². The highest BCUT2D eigenvalue weighted by Crippen LogP contribution is 2.29. The van der Waals surface area contributed by atoms with Crippen LogP contribution in [-0.4, -0.2) is 17.1 Å². The predicted octanol–water partition coefficient (Wildman–Crippen LogP) is 3.38. The summed E-state index contributed by atoms with van der Waals surface area (Å²) in [5.74, 6) is 0. The standard InChI is InChI=1S/C15H15ClN2O3/c1-17(9-11-2-5-13(16)6-3-11)14-7-4-12(10-19)8-15(14)18(20)21/h2-8,19H,9-10H2,1H3. The molecule has 0 bridgehead atoms. The molecule has 110 valence electrons. The van der Waals surface area contributed by atoms with Crippen LogP contribution in [0.25, 0.3) is 0 Å². The molecule has 5 nitrogen and oxygen atoms in total. The lowest BCUT2D eigenvalue weighted by molar-refractivity contribution is -0.384. The lowest BCUT2D eigenvalue weighted by Gasteiger charge is -2.19. The Balaban J connectivity index is 2.27. The number of rotatable bonds is 5. The van der Waals surface area contributed by atoms with Crippen LogP contribution in [0.1, 0.15) is 11.1 Å². The van der Waals surface area contributed by atoms with Crippen molar-refractivity contribution in [2.45, 2.75) is 13.2 Å². The second-order valence-electron chi connectivity index (χ2n) is 4.72. The van der Waals surface area contributed by atoms with E-state index in [0.29, 0.717) is 22.8 Å². The second-order valence-corrected chi connectivity index (χ2v) is 5.16. The predicted molar refractivity (Wildman–Crippen MR) is 82.6 cm³/mol. The van der Waals surface area contributed by atoms with Crippen LogP contribution in [0.4, 0.5) is 11.4 Å². The third kappa shape index (κ3) is 3.71. The lowest BCUT2D eigenvalue weighted by atomic mass is 10.1. The minimum absolute atomic E-state index is 0.0157. The summed E-state index contributed by atoms with van der Waals surface area (Å²) < 4.78 is 0. The van der Waals surface area contributed by atoms with E-state index in [-0.39, 0.29) is 12.3 Å². The van der Waals surface area contributed by atoms with Gasteiger partial charge >= 0.3 is 0 Å². The van der Waals surface area contributed by atoms with Crippen LogP contribution in [0, 0.1) is 10.1 Å². The second kappa shape index (κ2) is 6.56. The van der Waals surface area contributed by atoms with Crippen LogP contribution in [0.3, 0.4) is 0 Å². The Labute approximate surface area is 127 Å². The number of benzene rings is 2. The van der Waals surface area contributed by atoms with Gasteiger partial charge in [-0.05, 0) is 29.3 Å². The number of halogens is 1. The molecular weight excluding hydrogens is 292 g/mol. The van der Waals surface area contributed by atoms with Crippen molar-refractivity contribution in [3.8, 4) is 0 Å². The van der Waals surface area contributed by atoms with Crippen molar-refractivity contribution in [1.82, 2.24) is 0 Å². The van der Waals surface area contributed by atoms with Crippen molar-refractivity contribution in [3.05, 3.63) is 68.7 Å². The molecule has 2 aromatic carbocycles. The summed E-state index contributed by atoms with van der Waals surface area (Å²) in [6.45, 7) is 0.304. The third-order valence-corrected chi connectivity index (χ3v) is 3.42. The highest BCUT2D eigenvalue weighted by atomic mass is 35.5. The van der Waals surface area contributed by atoms with E-state index >= 15 is 0 Å². The fourth-order valence-corrected chi connectivity index (χ4v) is 2.21. The molecule has 2 aromatic rings. The number of hydrogen-bond acceptors (Lipinski definition) is 4. The number of anilines is 1. The fraction of sp³-hybridized carbons (Fsp3) is 0.200. The Kier molecular flexibility index (Phi) is 4.77. The molecule has 0 aliphatic heterocycles. The molecule has 0 aromatic heterocycles. The maximum atomic E-state index is 11.2. The van der Waals surface area contributed by atoms with Crippen LogP contribution in [0.2, 0.25) is 5.02 Å². The molecule has 6 heteroatoms. The molecule has 0 saturated heterocycles. The van der Waals surface area contributed by atoms with E-state index in [4.69, 9.17) is 16.7 Å². The van der Waals surface area contributed by atoms with Gasteiger partial charge in [0.1, 0.15) is 5.69 Å². The average Bonchev–Trinajstić information content (AvgIpc) is 2.48. The van der Waals surface area contributed by atoms with Gasteiger partial charge in [0, 0.05) is 24.7 Å². The largest absolute Gasteiger partial charge is 0.392 e. The van der Waals surface area contributed by atoms with Crippen molar-refractivity contribution in [2.75, 3.05) is 11.9 Å². The topological polar surface area (TPSA) is 66.6 Å². The molecule has 21 heavy (non-hydrogen) atoms. The molecule has 1 N–H and O–H groups in total. The molecule has 0 atom stereocenters. The molecule has 0 heterocycles. The Morgan fingerprint density at radius 1 is 1.19 bits per heavy atom. The SMILES string of the molecule is CN(Cc1ccc(Cl)cc1)c1ccc(CO)cc1[N+](=O)[O-]. The quantitative estimate of drug-likeness (QED) is 0.679. The first-order valence-corrected chi connectivity index (χ1v) is 6.73. The zero-order chi connectivity index (χ0) is 15.4. The van der Waals surface area contributed by atoms with E-state index in [1.807, 2.05) is 12.1 Å². The normalized spacial score (nSPS) is 10.4. The van der Waals surface area contributed by atoms with Gasteiger partial charge in [0.2, 0.25) is 0 Å². The monoisotopic (exact) mass is 306 g/mol. The molecule has 0 spiro atoms. The molecule has 0 amide bonds. The highest BCUT2D eigenvalue weighted by Gasteiger charge is 2.17. The van der Waals surface area contributed by atoms with Gasteiger partial charge in [-0.15, -0.1) is 0 Å². The Bertz CT molecular complexity index is 644. The van der Waals surface area contributed by atoms with Gasteiger partial charge in [-0.3, -0.25) is 10.1 Å². The summed E-state index contributed by atoms with van der Waals surface area (Å²) in [4.78, 5) is 12.5. The van der Waals surface area contributed by atoms with Gasteiger partial charge in [-0.25, -0.2) is 0 Å². The molecule has 2 rings (SSSR count). The average molecular weight is 307 g/mol. The lowest BCUT2D eigenvalue weighted by Crippen LogP contribution is -2.17. The molecule has 0 saturated carbocycles. The molecule has 0 unspecified atom stereocenters. The Morgan fingerprint density at radius 3 is 2.38 bits per heavy atom. The minimum Gasteiger partial charge on any atom is -0.392 e. The Hall–Kier alpha value is -2.11. The van der Waals surface area contributed by atoms with Crippen molar-refractivity contribution in [2.24, 2.45) is 0 Å². The van der Waals surface area contributed by atoms with Gasteiger partial charge in [0.15, 0.2) is 0 Å². The number of aliphatic hydroxyl groups excluding tert-OH is 1. The van der Waals surface area contributed by atoms with Crippen molar-refractivity contribution < 1.29 is 10.0 Å². The number of nitro groups is 1. The summed E-state index contributed by atoms with van der Waals surface area (Å²) in [5.41, 5.74) is 2.01. The zero-order valence-electron chi connectivity index (χ0n) is 11.5. The Morgan fingerprint density at radius 2 is 1.81 bits per heavy atom. The van der Waals surface area contributed by atoms with Gasteiger partial charge in [-0.2, -0.15) is 0 Å². The van der Waals surface area contributed by atoms with E-state index in [9.17, 15) is 10.1 Å².